The highest BCUT2D eigenvalue weighted by atomic mass is 35.5. The van der Waals surface area contributed by atoms with Gasteiger partial charge in [-0.25, -0.2) is 4.39 Å². The lowest BCUT2D eigenvalue weighted by Gasteiger charge is -2.23. The third kappa shape index (κ3) is 1.80. The number of hydrogen-bond donors (Lipinski definition) is 0. The molecule has 1 nitrogen and oxygen atoms in total. The number of halogens is 2. The molecule has 0 spiro atoms. The van der Waals surface area contributed by atoms with Crippen LogP contribution in [0, 0.1) is 11.7 Å². The van der Waals surface area contributed by atoms with Crippen molar-refractivity contribution in [1.82, 2.24) is 0 Å². The van der Waals surface area contributed by atoms with Crippen LogP contribution in [0.4, 0.5) is 4.39 Å². The SMILES string of the molecule is O=C(c1cc(F)cc(Cl)c1)C1CCC1. The summed E-state index contributed by atoms with van der Waals surface area (Å²) < 4.78 is 12.9. The molecular formula is C11H10ClFO. The van der Waals surface area contributed by atoms with Gasteiger partial charge in [-0.2, -0.15) is 0 Å². The molecule has 0 unspecified atom stereocenters. The third-order valence-electron chi connectivity index (χ3n) is 2.62. The van der Waals surface area contributed by atoms with Gasteiger partial charge in [0.25, 0.3) is 0 Å². The third-order valence-corrected chi connectivity index (χ3v) is 2.84. The molecule has 0 bridgehead atoms. The van der Waals surface area contributed by atoms with Crippen molar-refractivity contribution in [3.63, 3.8) is 0 Å². The van der Waals surface area contributed by atoms with E-state index in [2.05, 4.69) is 0 Å². The number of Topliss-reactive ketones (excluding diaryl/α,β-unsaturated/α-hetero) is 1. The van der Waals surface area contributed by atoms with Crippen LogP contribution in [0.1, 0.15) is 29.6 Å². The molecule has 0 atom stereocenters. The fourth-order valence-corrected chi connectivity index (χ4v) is 1.82. The van der Waals surface area contributed by atoms with Crippen LogP contribution in [0.3, 0.4) is 0 Å². The molecule has 0 aliphatic heterocycles. The molecule has 74 valence electrons. The standard InChI is InChI=1S/C11H10ClFO/c12-9-4-8(5-10(13)6-9)11(14)7-2-1-3-7/h4-7H,1-3H2. The molecule has 1 saturated carbocycles. The molecule has 0 radical (unpaired) electrons. The maximum atomic E-state index is 12.9. The van der Waals surface area contributed by atoms with Gasteiger partial charge in [-0.05, 0) is 31.0 Å². The van der Waals surface area contributed by atoms with Crippen molar-refractivity contribution in [2.24, 2.45) is 5.92 Å². The summed E-state index contributed by atoms with van der Waals surface area (Å²) in [5.41, 5.74) is 0.403. The van der Waals surface area contributed by atoms with Gasteiger partial charge >= 0.3 is 0 Å². The lowest BCUT2D eigenvalue weighted by molar-refractivity contribution is 0.0855. The summed E-state index contributed by atoms with van der Waals surface area (Å²) in [4.78, 5) is 11.7. The van der Waals surface area contributed by atoms with Gasteiger partial charge in [0.15, 0.2) is 5.78 Å². The van der Waals surface area contributed by atoms with E-state index >= 15 is 0 Å². The van der Waals surface area contributed by atoms with E-state index in [4.69, 9.17) is 11.6 Å². The topological polar surface area (TPSA) is 17.1 Å². The highest BCUT2D eigenvalue weighted by Crippen LogP contribution is 2.30. The van der Waals surface area contributed by atoms with E-state index in [1.807, 2.05) is 0 Å². The Morgan fingerprint density at radius 3 is 2.57 bits per heavy atom. The van der Waals surface area contributed by atoms with Crippen molar-refractivity contribution >= 4 is 17.4 Å². The van der Waals surface area contributed by atoms with Gasteiger partial charge in [0.2, 0.25) is 0 Å². The number of benzene rings is 1. The minimum atomic E-state index is -0.444. The van der Waals surface area contributed by atoms with Crippen LogP contribution in [0.15, 0.2) is 18.2 Å². The summed E-state index contributed by atoms with van der Waals surface area (Å²) in [5.74, 6) is -0.328. The van der Waals surface area contributed by atoms with E-state index in [-0.39, 0.29) is 16.7 Å². The molecule has 0 N–H and O–H groups in total. The highest BCUT2D eigenvalue weighted by molar-refractivity contribution is 6.31. The molecule has 14 heavy (non-hydrogen) atoms. The van der Waals surface area contributed by atoms with Crippen molar-refractivity contribution in [2.75, 3.05) is 0 Å². The summed E-state index contributed by atoms with van der Waals surface area (Å²) in [5, 5.41) is 0.285. The Bertz CT molecular complexity index is 351. The van der Waals surface area contributed by atoms with Crippen molar-refractivity contribution in [2.45, 2.75) is 19.3 Å². The highest BCUT2D eigenvalue weighted by Gasteiger charge is 2.26. The fourth-order valence-electron chi connectivity index (χ4n) is 1.60. The van der Waals surface area contributed by atoms with E-state index in [0.29, 0.717) is 5.56 Å². The van der Waals surface area contributed by atoms with Crippen molar-refractivity contribution < 1.29 is 9.18 Å². The first kappa shape index (κ1) is 9.66. The molecule has 2 rings (SSSR count). The predicted molar refractivity (Wildman–Crippen MR) is 53.1 cm³/mol. The summed E-state index contributed by atoms with van der Waals surface area (Å²) in [6.07, 6.45) is 2.94. The smallest absolute Gasteiger partial charge is 0.166 e. The molecule has 1 aliphatic carbocycles. The average molecular weight is 213 g/mol. The summed E-state index contributed by atoms with van der Waals surface area (Å²) in [6.45, 7) is 0. The summed E-state index contributed by atoms with van der Waals surface area (Å²) >= 11 is 5.67. The van der Waals surface area contributed by atoms with Crippen LogP contribution in [0.5, 0.6) is 0 Å². The molecule has 1 aromatic rings. The van der Waals surface area contributed by atoms with Crippen molar-refractivity contribution in [3.05, 3.63) is 34.6 Å². The Hall–Kier alpha value is -0.890. The molecule has 3 heteroatoms. The van der Waals surface area contributed by atoms with Gasteiger partial charge in [-0.3, -0.25) is 4.79 Å². The van der Waals surface area contributed by atoms with Crippen LogP contribution in [-0.4, -0.2) is 5.78 Å². The van der Waals surface area contributed by atoms with Gasteiger partial charge < -0.3 is 0 Å². The largest absolute Gasteiger partial charge is 0.294 e. The quantitative estimate of drug-likeness (QED) is 0.687. The van der Waals surface area contributed by atoms with Gasteiger partial charge in [0.05, 0.1) is 0 Å². The molecule has 0 heterocycles. The van der Waals surface area contributed by atoms with Crippen LogP contribution in [-0.2, 0) is 0 Å². The molecule has 0 amide bonds. The van der Waals surface area contributed by atoms with Crippen LogP contribution < -0.4 is 0 Å². The maximum Gasteiger partial charge on any atom is 0.166 e. The molecule has 0 saturated heterocycles. The number of hydrogen-bond acceptors (Lipinski definition) is 1. The Balaban J connectivity index is 2.26. The summed E-state index contributed by atoms with van der Waals surface area (Å²) in [7, 11) is 0. The van der Waals surface area contributed by atoms with E-state index in [1.54, 1.807) is 0 Å². The van der Waals surface area contributed by atoms with Gasteiger partial charge in [0, 0.05) is 16.5 Å². The van der Waals surface area contributed by atoms with E-state index in [9.17, 15) is 9.18 Å². The minimum absolute atomic E-state index is 0.0256. The predicted octanol–water partition coefficient (Wildman–Crippen LogP) is 3.46. The normalized spacial score (nSPS) is 16.4. The van der Waals surface area contributed by atoms with E-state index in [1.165, 1.54) is 18.2 Å². The zero-order valence-electron chi connectivity index (χ0n) is 7.59. The Morgan fingerprint density at radius 1 is 1.36 bits per heavy atom. The Labute approximate surface area is 86.9 Å². The zero-order chi connectivity index (χ0) is 10.1. The lowest BCUT2D eigenvalue weighted by atomic mass is 9.80. The summed E-state index contributed by atoms with van der Waals surface area (Å²) in [6, 6.07) is 4.00. The van der Waals surface area contributed by atoms with Gasteiger partial charge in [-0.15, -0.1) is 0 Å². The average Bonchev–Trinajstić information content (AvgIpc) is 1.98. The second-order valence-corrected chi connectivity index (χ2v) is 4.09. The first-order chi connectivity index (χ1) is 6.66. The minimum Gasteiger partial charge on any atom is -0.294 e. The first-order valence-electron chi connectivity index (χ1n) is 4.67. The molecular weight excluding hydrogens is 203 g/mol. The molecule has 1 fully saturated rings. The molecule has 1 aliphatic rings. The fraction of sp³-hybridized carbons (Fsp3) is 0.364. The molecule has 1 aromatic carbocycles. The monoisotopic (exact) mass is 212 g/mol. The number of carbonyl (C=O) groups is 1. The van der Waals surface area contributed by atoms with Crippen LogP contribution >= 0.6 is 11.6 Å². The zero-order valence-corrected chi connectivity index (χ0v) is 8.35. The van der Waals surface area contributed by atoms with Crippen molar-refractivity contribution in [3.8, 4) is 0 Å². The number of ketones is 1. The van der Waals surface area contributed by atoms with E-state index < -0.39 is 5.82 Å². The lowest BCUT2D eigenvalue weighted by Crippen LogP contribution is -2.22. The van der Waals surface area contributed by atoms with Gasteiger partial charge in [0.1, 0.15) is 5.82 Å². The Morgan fingerprint density at radius 2 is 2.07 bits per heavy atom. The van der Waals surface area contributed by atoms with Gasteiger partial charge in [-0.1, -0.05) is 18.0 Å². The maximum absolute atomic E-state index is 12.9. The second kappa shape index (κ2) is 3.70. The number of rotatable bonds is 2. The number of carbonyl (C=O) groups excluding carboxylic acids is 1. The second-order valence-electron chi connectivity index (χ2n) is 3.65. The van der Waals surface area contributed by atoms with Crippen LogP contribution in [0.25, 0.3) is 0 Å². The molecule has 0 aromatic heterocycles. The van der Waals surface area contributed by atoms with Crippen LogP contribution in [0.2, 0.25) is 5.02 Å². The Kier molecular flexibility index (Phi) is 2.55. The van der Waals surface area contributed by atoms with E-state index in [0.717, 1.165) is 19.3 Å². The van der Waals surface area contributed by atoms with Crippen molar-refractivity contribution in [1.29, 1.82) is 0 Å². The first-order valence-corrected chi connectivity index (χ1v) is 5.05.